The molecule has 4 saturated carbocycles. The van der Waals surface area contributed by atoms with Gasteiger partial charge >= 0.3 is 17.9 Å². The number of carboxylic acid groups (broad SMARTS) is 1. The number of esters is 2. The van der Waals surface area contributed by atoms with Crippen LogP contribution in [0.3, 0.4) is 0 Å². The van der Waals surface area contributed by atoms with Crippen LogP contribution in [0.4, 0.5) is 0 Å². The molecule has 86 heavy (non-hydrogen) atoms. The minimum absolute atomic E-state index is 0.118. The molecule has 9 rings (SSSR count). The van der Waals surface area contributed by atoms with E-state index in [-0.39, 0.29) is 24.7 Å². The molecule has 490 valence electrons. The molecule has 27 nitrogen and oxygen atoms in total. The Morgan fingerprint density at radius 2 is 1.27 bits per heavy atom. The van der Waals surface area contributed by atoms with Gasteiger partial charge in [-0.1, -0.05) is 59.3 Å². The Hall–Kier alpha value is -2.95. The summed E-state index contributed by atoms with van der Waals surface area (Å²) in [5.74, 6) is -4.02. The predicted octanol–water partition coefficient (Wildman–Crippen LogP) is -2.22. The highest BCUT2D eigenvalue weighted by atomic mass is 16.8. The number of fused-ring (bicyclic) bond motifs is 7. The lowest BCUT2D eigenvalue weighted by Gasteiger charge is -2.72. The zero-order valence-corrected chi connectivity index (χ0v) is 50.1. The third kappa shape index (κ3) is 11.0. The molecule has 30 atom stereocenters. The van der Waals surface area contributed by atoms with Crippen LogP contribution in [0.2, 0.25) is 0 Å². The third-order valence-corrected chi connectivity index (χ3v) is 22.4. The molecule has 0 amide bonds. The van der Waals surface area contributed by atoms with Crippen molar-refractivity contribution in [2.45, 2.75) is 242 Å². The van der Waals surface area contributed by atoms with Gasteiger partial charge in [-0.15, -0.1) is 0 Å². The minimum Gasteiger partial charge on any atom is -0.479 e. The second-order valence-corrected chi connectivity index (χ2v) is 27.4. The Morgan fingerprint density at radius 3 is 1.88 bits per heavy atom. The lowest BCUT2D eigenvalue weighted by molar-refractivity contribution is -0.400. The highest BCUT2D eigenvalue weighted by molar-refractivity contribution is 5.87. The van der Waals surface area contributed by atoms with Crippen molar-refractivity contribution in [2.75, 3.05) is 33.0 Å². The molecule has 4 heterocycles. The third-order valence-electron chi connectivity index (χ3n) is 22.4. The van der Waals surface area contributed by atoms with Gasteiger partial charge in [0.2, 0.25) is 0 Å². The average molecular weight is 1230 g/mol. The SMILES string of the molecule is C/C=C(/C)C(=O)OC1C(OC(C)=O)C2(CO)C(O)CC3(C)C(=CCC4C5(C)CCC(OC6OC(C(=O)O)C(O)C(OC7OCC(O)C(O)C7OC7OCC(O)C(O)C7O)C6OC6OC(CO)C(O)C(O)C6O)C(C)(CO)C5CCC43C)C2CC1(C)C. The van der Waals surface area contributed by atoms with Gasteiger partial charge in [0.1, 0.15) is 91.6 Å². The van der Waals surface area contributed by atoms with E-state index in [0.717, 1.165) is 5.57 Å². The van der Waals surface area contributed by atoms with Crippen LogP contribution in [-0.4, -0.2) is 257 Å². The highest BCUT2D eigenvalue weighted by Gasteiger charge is 2.74. The molecular weight excluding hydrogens is 1140 g/mol. The molecule has 0 aromatic rings. The van der Waals surface area contributed by atoms with Crippen molar-refractivity contribution < 1.29 is 133 Å². The van der Waals surface area contributed by atoms with Crippen molar-refractivity contribution in [3.63, 3.8) is 0 Å². The zero-order valence-electron chi connectivity index (χ0n) is 50.1. The van der Waals surface area contributed by atoms with E-state index in [1.165, 1.54) is 6.92 Å². The topological polar surface area (TPSA) is 427 Å². The normalized spacial score (nSPS) is 51.2. The fourth-order valence-electron chi connectivity index (χ4n) is 17.1. The Balaban J connectivity index is 1.05. The summed E-state index contributed by atoms with van der Waals surface area (Å²) in [5.41, 5.74) is -4.00. The number of aliphatic hydroxyl groups is 13. The van der Waals surface area contributed by atoms with Crippen molar-refractivity contribution in [2.24, 2.45) is 50.2 Å². The molecule has 14 N–H and O–H groups in total. The zero-order chi connectivity index (χ0) is 63.3. The van der Waals surface area contributed by atoms with Gasteiger partial charge in [0.25, 0.3) is 0 Å². The van der Waals surface area contributed by atoms with Crippen molar-refractivity contribution in [1.29, 1.82) is 0 Å². The maximum absolute atomic E-state index is 13.5. The summed E-state index contributed by atoms with van der Waals surface area (Å²) in [5, 5.41) is 156. The monoisotopic (exact) mass is 1230 g/mol. The first-order valence-electron chi connectivity index (χ1n) is 30.0. The van der Waals surface area contributed by atoms with Gasteiger partial charge in [-0.25, -0.2) is 9.59 Å². The number of carbonyl (C=O) groups is 3. The lowest BCUT2D eigenvalue weighted by atomic mass is 9.33. The molecule has 0 bridgehead atoms. The second-order valence-electron chi connectivity index (χ2n) is 27.4. The van der Waals surface area contributed by atoms with Crippen LogP contribution in [0.25, 0.3) is 0 Å². The molecule has 0 radical (unpaired) electrons. The van der Waals surface area contributed by atoms with Gasteiger partial charge in [-0.3, -0.25) is 4.79 Å². The van der Waals surface area contributed by atoms with Crippen LogP contribution >= 0.6 is 0 Å². The average Bonchev–Trinajstić information content (AvgIpc) is 0.672. The number of ether oxygens (including phenoxy) is 10. The van der Waals surface area contributed by atoms with Crippen LogP contribution in [0, 0.1) is 50.2 Å². The number of rotatable bonds is 15. The lowest BCUT2D eigenvalue weighted by Crippen LogP contribution is -2.72. The van der Waals surface area contributed by atoms with Crippen LogP contribution in [0.15, 0.2) is 23.3 Å². The molecule has 8 fully saturated rings. The fraction of sp³-hybridized carbons (Fsp3) is 0.881. The number of hydrogen-bond donors (Lipinski definition) is 14. The molecular formula is C59H92O27. The highest BCUT2D eigenvalue weighted by Crippen LogP contribution is 2.76. The second kappa shape index (κ2) is 24.9. The predicted molar refractivity (Wildman–Crippen MR) is 290 cm³/mol. The first-order chi connectivity index (χ1) is 40.3. The van der Waals surface area contributed by atoms with Crippen LogP contribution in [0.1, 0.15) is 107 Å². The molecule has 4 saturated heterocycles. The molecule has 0 aromatic heterocycles. The summed E-state index contributed by atoms with van der Waals surface area (Å²) in [6.45, 7) is 13.6. The Bertz CT molecular complexity index is 2510. The van der Waals surface area contributed by atoms with Gasteiger partial charge in [-0.05, 0) is 92.8 Å². The Morgan fingerprint density at radius 1 is 0.640 bits per heavy atom. The van der Waals surface area contributed by atoms with Crippen molar-refractivity contribution in [3.05, 3.63) is 23.3 Å². The van der Waals surface area contributed by atoms with Gasteiger partial charge in [0.05, 0.1) is 50.7 Å². The van der Waals surface area contributed by atoms with Gasteiger partial charge in [-0.2, -0.15) is 0 Å². The van der Waals surface area contributed by atoms with E-state index in [1.54, 1.807) is 19.9 Å². The van der Waals surface area contributed by atoms with E-state index in [2.05, 4.69) is 26.8 Å². The molecule has 0 spiro atoms. The molecule has 30 unspecified atom stereocenters. The fourth-order valence-corrected chi connectivity index (χ4v) is 17.1. The van der Waals surface area contributed by atoms with Crippen LogP contribution in [-0.2, 0) is 61.8 Å². The molecule has 0 aromatic carbocycles. The smallest absolute Gasteiger partial charge is 0.335 e. The number of aliphatic carboxylic acids is 1. The van der Waals surface area contributed by atoms with Crippen LogP contribution < -0.4 is 0 Å². The summed E-state index contributed by atoms with van der Waals surface area (Å²) in [6.07, 6.45) is -32.4. The largest absolute Gasteiger partial charge is 0.479 e. The van der Waals surface area contributed by atoms with Crippen molar-refractivity contribution in [1.82, 2.24) is 0 Å². The summed E-state index contributed by atoms with van der Waals surface area (Å²) in [4.78, 5) is 39.7. The quantitative estimate of drug-likeness (QED) is 0.0357. The summed E-state index contributed by atoms with van der Waals surface area (Å²) in [6, 6.07) is 0. The first kappa shape index (κ1) is 67.4. The standard InChI is InChI=1S/C59H92O27/c1-10-24(2)49(76)86-46-47(79-25(3)63)59(23-62)27(17-54(46,4)5)26-11-12-32-55(6)15-14-34(56(7,22-61)31(55)13-16-57(32,8)58(26,9)18-33(59)66)81-53-45(85-51-40(72)38(70)37(69)30(19-60)80-51)42(41(73)43(83-53)48(74)75)82-52-44(36(68)29(65)21-78-52)84-50-39(71)35(67)28(64)20-77-50/h10-11,27-47,50-53,60-62,64-73H,12-23H2,1-9H3,(H,74,75)/b24-10-. The number of carbonyl (C=O) groups excluding carboxylic acids is 2. The number of carboxylic acids is 1. The van der Waals surface area contributed by atoms with Gasteiger partial charge in [0.15, 0.2) is 31.3 Å². The first-order valence-corrected chi connectivity index (χ1v) is 30.0. The van der Waals surface area contributed by atoms with Crippen LogP contribution in [0.5, 0.6) is 0 Å². The molecule has 27 heteroatoms. The number of hydrogen-bond acceptors (Lipinski definition) is 26. The maximum Gasteiger partial charge on any atom is 0.335 e. The summed E-state index contributed by atoms with van der Waals surface area (Å²) < 4.78 is 60.7. The number of aliphatic hydroxyl groups excluding tert-OH is 13. The Labute approximate surface area is 498 Å². The van der Waals surface area contributed by atoms with E-state index < -0.39 is 224 Å². The van der Waals surface area contributed by atoms with E-state index in [4.69, 9.17) is 47.4 Å². The maximum atomic E-state index is 13.5. The summed E-state index contributed by atoms with van der Waals surface area (Å²) in [7, 11) is 0. The van der Waals surface area contributed by atoms with Gasteiger partial charge in [0, 0.05) is 23.3 Å². The van der Waals surface area contributed by atoms with E-state index >= 15 is 0 Å². The summed E-state index contributed by atoms with van der Waals surface area (Å²) >= 11 is 0. The Kier molecular flexibility index (Phi) is 19.5. The van der Waals surface area contributed by atoms with E-state index in [0.29, 0.717) is 37.7 Å². The molecule has 5 aliphatic carbocycles. The van der Waals surface area contributed by atoms with Crippen molar-refractivity contribution in [3.8, 4) is 0 Å². The molecule has 9 aliphatic rings. The van der Waals surface area contributed by atoms with Gasteiger partial charge < -0.3 is 119 Å². The van der Waals surface area contributed by atoms with E-state index in [9.17, 15) is 85.9 Å². The minimum atomic E-state index is -2.26. The van der Waals surface area contributed by atoms with Crippen molar-refractivity contribution >= 4 is 17.9 Å². The number of allylic oxidation sites excluding steroid dienone is 3. The van der Waals surface area contributed by atoms with E-state index in [1.807, 2.05) is 20.8 Å². The molecule has 4 aliphatic heterocycles.